The summed E-state index contributed by atoms with van der Waals surface area (Å²) in [6, 6.07) is 8.16. The van der Waals surface area contributed by atoms with Gasteiger partial charge in [0.15, 0.2) is 5.89 Å². The molecule has 0 saturated heterocycles. The van der Waals surface area contributed by atoms with E-state index in [1.165, 1.54) is 5.56 Å². The zero-order valence-electron chi connectivity index (χ0n) is 12.2. The second-order valence-electron chi connectivity index (χ2n) is 4.89. The van der Waals surface area contributed by atoms with E-state index >= 15 is 0 Å². The van der Waals surface area contributed by atoms with Gasteiger partial charge in [-0.05, 0) is 19.1 Å². The lowest BCUT2D eigenvalue weighted by atomic mass is 10.1. The molecular weight excluding hydrogens is 264 g/mol. The molecule has 2 heterocycles. The molecule has 0 aliphatic heterocycles. The number of nitrogens with one attached hydrogen (secondary N) is 1. The van der Waals surface area contributed by atoms with E-state index in [0.29, 0.717) is 5.89 Å². The number of hydrogen-bond acceptors (Lipinski definition) is 4. The third kappa shape index (κ3) is 3.13. The summed E-state index contributed by atoms with van der Waals surface area (Å²) in [6.45, 7) is 5.58. The Kier molecular flexibility index (Phi) is 3.73. The summed E-state index contributed by atoms with van der Waals surface area (Å²) in [5.74, 6) is 0.681. The predicted molar refractivity (Wildman–Crippen MR) is 81.9 cm³/mol. The van der Waals surface area contributed by atoms with Crippen LogP contribution in [-0.2, 0) is 13.1 Å². The zero-order valence-corrected chi connectivity index (χ0v) is 12.2. The van der Waals surface area contributed by atoms with Crippen molar-refractivity contribution in [3.63, 3.8) is 0 Å². The predicted octanol–water partition coefficient (Wildman–Crippen LogP) is 3.48. The summed E-state index contributed by atoms with van der Waals surface area (Å²) in [4.78, 5) is 4.32. The molecule has 21 heavy (non-hydrogen) atoms. The van der Waals surface area contributed by atoms with Crippen molar-refractivity contribution in [1.29, 1.82) is 0 Å². The van der Waals surface area contributed by atoms with E-state index in [-0.39, 0.29) is 0 Å². The summed E-state index contributed by atoms with van der Waals surface area (Å²) >= 11 is 0. The third-order valence-corrected chi connectivity index (χ3v) is 3.31. The van der Waals surface area contributed by atoms with Crippen molar-refractivity contribution in [2.45, 2.75) is 26.9 Å². The normalized spacial score (nSPS) is 10.8. The Hall–Kier alpha value is -2.56. The van der Waals surface area contributed by atoms with E-state index in [1.54, 1.807) is 6.26 Å². The number of anilines is 1. The Balaban J connectivity index is 1.64. The van der Waals surface area contributed by atoms with Gasteiger partial charge in [-0.15, -0.1) is 0 Å². The second kappa shape index (κ2) is 5.83. The van der Waals surface area contributed by atoms with E-state index in [1.807, 2.05) is 42.1 Å². The third-order valence-electron chi connectivity index (χ3n) is 3.31. The smallest absolute Gasteiger partial charge is 0.191 e. The minimum Gasteiger partial charge on any atom is -0.449 e. The van der Waals surface area contributed by atoms with Crippen molar-refractivity contribution in [2.24, 2.45) is 0 Å². The van der Waals surface area contributed by atoms with Crippen LogP contribution in [0.5, 0.6) is 0 Å². The molecule has 0 fully saturated rings. The molecule has 0 bridgehead atoms. The van der Waals surface area contributed by atoms with Crippen molar-refractivity contribution in [3.8, 4) is 11.3 Å². The summed E-state index contributed by atoms with van der Waals surface area (Å²) < 4.78 is 7.16. The Morgan fingerprint density at radius 3 is 2.67 bits per heavy atom. The number of benzene rings is 1. The van der Waals surface area contributed by atoms with Crippen molar-refractivity contribution in [1.82, 2.24) is 14.8 Å². The number of rotatable bonds is 5. The van der Waals surface area contributed by atoms with Gasteiger partial charge in [-0.2, -0.15) is 5.10 Å². The molecule has 0 saturated carbocycles. The molecule has 0 radical (unpaired) electrons. The van der Waals surface area contributed by atoms with Gasteiger partial charge in [0.1, 0.15) is 12.0 Å². The number of oxazole rings is 1. The van der Waals surface area contributed by atoms with Crippen LogP contribution in [0.3, 0.4) is 0 Å². The summed E-state index contributed by atoms with van der Waals surface area (Å²) in [7, 11) is 0. The van der Waals surface area contributed by atoms with Gasteiger partial charge in [0.2, 0.25) is 0 Å². The Bertz CT molecular complexity index is 712. The lowest BCUT2D eigenvalue weighted by Gasteiger charge is -2.05. The average molecular weight is 282 g/mol. The highest BCUT2D eigenvalue weighted by Crippen LogP contribution is 2.21. The van der Waals surface area contributed by atoms with Gasteiger partial charge in [0.25, 0.3) is 0 Å². The molecule has 1 aromatic carbocycles. The zero-order chi connectivity index (χ0) is 14.7. The number of aromatic nitrogens is 3. The number of aryl methyl sites for hydroxylation is 2. The van der Waals surface area contributed by atoms with Crippen LogP contribution in [0.1, 0.15) is 18.4 Å². The first-order valence-corrected chi connectivity index (χ1v) is 7.02. The van der Waals surface area contributed by atoms with Gasteiger partial charge < -0.3 is 9.73 Å². The van der Waals surface area contributed by atoms with E-state index in [4.69, 9.17) is 4.42 Å². The fourth-order valence-corrected chi connectivity index (χ4v) is 2.13. The van der Waals surface area contributed by atoms with Gasteiger partial charge in [-0.3, -0.25) is 4.68 Å². The monoisotopic (exact) mass is 282 g/mol. The first kappa shape index (κ1) is 13.4. The van der Waals surface area contributed by atoms with Crippen LogP contribution >= 0.6 is 0 Å². The molecule has 3 rings (SSSR count). The molecule has 1 N–H and O–H groups in total. The minimum atomic E-state index is 0.681. The maximum atomic E-state index is 5.23. The highest BCUT2D eigenvalue weighted by atomic mass is 16.3. The van der Waals surface area contributed by atoms with E-state index in [2.05, 4.69) is 28.5 Å². The van der Waals surface area contributed by atoms with Crippen LogP contribution in [0.4, 0.5) is 5.69 Å². The van der Waals surface area contributed by atoms with Gasteiger partial charge in [0, 0.05) is 43.0 Å². The van der Waals surface area contributed by atoms with Crippen molar-refractivity contribution < 1.29 is 4.42 Å². The Labute approximate surface area is 123 Å². The van der Waals surface area contributed by atoms with Crippen LogP contribution in [-0.4, -0.2) is 14.8 Å². The first-order chi connectivity index (χ1) is 10.2. The van der Waals surface area contributed by atoms with Crippen molar-refractivity contribution in [3.05, 3.63) is 54.4 Å². The van der Waals surface area contributed by atoms with Crippen molar-refractivity contribution >= 4 is 5.69 Å². The molecule has 108 valence electrons. The maximum absolute atomic E-state index is 5.23. The van der Waals surface area contributed by atoms with Gasteiger partial charge in [-0.1, -0.05) is 12.1 Å². The molecule has 0 unspecified atom stereocenters. The van der Waals surface area contributed by atoms with E-state index < -0.39 is 0 Å². The molecule has 0 amide bonds. The topological polar surface area (TPSA) is 55.9 Å². The molecule has 0 aliphatic rings. The quantitative estimate of drug-likeness (QED) is 0.778. The second-order valence-corrected chi connectivity index (χ2v) is 4.89. The highest BCUT2D eigenvalue weighted by Gasteiger charge is 2.03. The van der Waals surface area contributed by atoms with Crippen LogP contribution in [0, 0.1) is 6.92 Å². The van der Waals surface area contributed by atoms with Gasteiger partial charge >= 0.3 is 0 Å². The molecular formula is C16H18N4O. The molecule has 5 nitrogen and oxygen atoms in total. The maximum Gasteiger partial charge on any atom is 0.191 e. The minimum absolute atomic E-state index is 0.681. The van der Waals surface area contributed by atoms with Crippen LogP contribution in [0.15, 0.2) is 47.3 Å². The summed E-state index contributed by atoms with van der Waals surface area (Å²) in [6.07, 6.45) is 5.62. The highest BCUT2D eigenvalue weighted by molar-refractivity contribution is 5.61. The molecule has 2 aromatic heterocycles. The molecule has 0 atom stereocenters. The lowest BCUT2D eigenvalue weighted by Crippen LogP contribution is -1.98. The van der Waals surface area contributed by atoms with E-state index in [9.17, 15) is 0 Å². The SMILES string of the molecule is CCn1cc(CNc2ccc(-c3coc(C)n3)cc2)cn1. The van der Waals surface area contributed by atoms with Crippen LogP contribution in [0.2, 0.25) is 0 Å². The fraction of sp³-hybridized carbons (Fsp3) is 0.250. The lowest BCUT2D eigenvalue weighted by molar-refractivity contribution is 0.521. The number of hydrogen-bond donors (Lipinski definition) is 1. The standard InChI is InChI=1S/C16H18N4O/c1-3-20-10-13(9-18-20)8-17-15-6-4-14(5-7-15)16-11-21-12(2)19-16/h4-7,9-11,17H,3,8H2,1-2H3. The largest absolute Gasteiger partial charge is 0.449 e. The number of nitrogens with zero attached hydrogens (tertiary/aromatic N) is 3. The molecule has 5 heteroatoms. The first-order valence-electron chi connectivity index (χ1n) is 7.02. The van der Waals surface area contributed by atoms with Crippen molar-refractivity contribution in [2.75, 3.05) is 5.32 Å². The van der Waals surface area contributed by atoms with Gasteiger partial charge in [0.05, 0.1) is 6.20 Å². The van der Waals surface area contributed by atoms with Crippen LogP contribution < -0.4 is 5.32 Å². The summed E-state index contributed by atoms with van der Waals surface area (Å²) in [5, 5.41) is 7.65. The Morgan fingerprint density at radius 2 is 2.05 bits per heavy atom. The Morgan fingerprint density at radius 1 is 1.24 bits per heavy atom. The molecule has 3 aromatic rings. The summed E-state index contributed by atoms with van der Waals surface area (Å²) in [5.41, 5.74) is 4.16. The fourth-order valence-electron chi connectivity index (χ4n) is 2.13. The van der Waals surface area contributed by atoms with Crippen LogP contribution in [0.25, 0.3) is 11.3 Å². The average Bonchev–Trinajstić information content (AvgIpc) is 3.14. The van der Waals surface area contributed by atoms with Gasteiger partial charge in [-0.25, -0.2) is 4.98 Å². The van der Waals surface area contributed by atoms with E-state index in [0.717, 1.165) is 30.0 Å². The molecule has 0 spiro atoms. The molecule has 0 aliphatic carbocycles.